The van der Waals surface area contributed by atoms with Gasteiger partial charge in [-0.3, -0.25) is 19.5 Å². The zero-order chi connectivity index (χ0) is 25.3. The summed E-state index contributed by atoms with van der Waals surface area (Å²) < 4.78 is 10.3. The fraction of sp³-hybridized carbons (Fsp3) is 0.240. The summed E-state index contributed by atoms with van der Waals surface area (Å²) in [7, 11) is 1.53. The maximum Gasteiger partial charge on any atom is 0.350 e. The zero-order valence-electron chi connectivity index (χ0n) is 19.6. The first-order chi connectivity index (χ1) is 16.8. The van der Waals surface area contributed by atoms with Crippen molar-refractivity contribution in [1.82, 2.24) is 9.97 Å². The molecule has 10 heteroatoms. The molecule has 1 aliphatic rings. The molecule has 2 aromatic heterocycles. The van der Waals surface area contributed by atoms with Gasteiger partial charge in [0.2, 0.25) is 0 Å². The fourth-order valence-corrected chi connectivity index (χ4v) is 4.92. The van der Waals surface area contributed by atoms with Crippen molar-refractivity contribution in [2.75, 3.05) is 18.6 Å². The number of aromatic nitrogens is 2. The van der Waals surface area contributed by atoms with Crippen molar-refractivity contribution in [3.63, 3.8) is 0 Å². The van der Waals surface area contributed by atoms with Crippen molar-refractivity contribution >= 4 is 39.9 Å². The zero-order valence-corrected chi connectivity index (χ0v) is 20.4. The van der Waals surface area contributed by atoms with Crippen molar-refractivity contribution < 1.29 is 29.0 Å². The van der Waals surface area contributed by atoms with Gasteiger partial charge in [0, 0.05) is 18.0 Å². The van der Waals surface area contributed by atoms with Gasteiger partial charge in [0.05, 0.1) is 31.0 Å². The Balaban J connectivity index is 1.91. The first kappa shape index (κ1) is 24.1. The summed E-state index contributed by atoms with van der Waals surface area (Å²) in [6.07, 6.45) is 3.08. The number of amides is 1. The van der Waals surface area contributed by atoms with E-state index in [1.807, 2.05) is 0 Å². The van der Waals surface area contributed by atoms with Gasteiger partial charge in [0.25, 0.3) is 5.78 Å². The number of aliphatic hydroxyl groups excluding tert-OH is 1. The summed E-state index contributed by atoms with van der Waals surface area (Å²) in [5.74, 6) is -2.02. The van der Waals surface area contributed by atoms with Gasteiger partial charge in [0.15, 0.2) is 5.13 Å². The molecule has 1 saturated heterocycles. The van der Waals surface area contributed by atoms with E-state index in [0.29, 0.717) is 28.1 Å². The van der Waals surface area contributed by atoms with Crippen LogP contribution < -0.4 is 9.64 Å². The molecule has 0 aliphatic carbocycles. The van der Waals surface area contributed by atoms with E-state index in [2.05, 4.69) is 9.97 Å². The number of pyridine rings is 1. The largest absolute Gasteiger partial charge is 0.507 e. The van der Waals surface area contributed by atoms with E-state index in [4.69, 9.17) is 9.47 Å². The number of rotatable bonds is 6. The number of aliphatic hydroxyl groups is 1. The number of anilines is 1. The number of Topliss-reactive ketones (excluding diaryl/α,β-unsaturated/α-hetero) is 1. The van der Waals surface area contributed by atoms with Gasteiger partial charge in [-0.25, -0.2) is 9.78 Å². The lowest BCUT2D eigenvalue weighted by atomic mass is 9.95. The molecule has 0 spiro atoms. The molecule has 1 N–H and O–H groups in total. The number of methoxy groups -OCH3 is 1. The highest BCUT2D eigenvalue weighted by Crippen LogP contribution is 2.44. The number of ether oxygens (including phenoxy) is 2. The third-order valence-corrected chi connectivity index (χ3v) is 6.72. The Kier molecular flexibility index (Phi) is 6.65. The van der Waals surface area contributed by atoms with E-state index in [-0.39, 0.29) is 27.9 Å². The van der Waals surface area contributed by atoms with Crippen LogP contribution in [0.5, 0.6) is 5.75 Å². The number of benzene rings is 1. The molecule has 35 heavy (non-hydrogen) atoms. The number of hydrogen-bond acceptors (Lipinski definition) is 9. The molecule has 1 aromatic carbocycles. The predicted molar refractivity (Wildman–Crippen MR) is 130 cm³/mol. The number of carbonyl (C=O) groups is 3. The van der Waals surface area contributed by atoms with Gasteiger partial charge in [-0.1, -0.05) is 17.4 Å². The Hall–Kier alpha value is -4.05. The monoisotopic (exact) mass is 493 g/mol. The van der Waals surface area contributed by atoms with Crippen molar-refractivity contribution in [3.05, 3.63) is 75.6 Å². The number of hydrogen-bond donors (Lipinski definition) is 1. The summed E-state index contributed by atoms with van der Waals surface area (Å²) in [6, 6.07) is 7.39. The van der Waals surface area contributed by atoms with Crippen molar-refractivity contribution in [1.29, 1.82) is 0 Å². The van der Waals surface area contributed by atoms with Crippen LogP contribution in [-0.4, -0.2) is 46.5 Å². The molecule has 1 atom stereocenters. The lowest BCUT2D eigenvalue weighted by molar-refractivity contribution is -0.132. The molecule has 9 nitrogen and oxygen atoms in total. The normalized spacial score (nSPS) is 17.0. The van der Waals surface area contributed by atoms with E-state index in [1.165, 1.54) is 18.2 Å². The standard InChI is InChI=1S/C25H23N3O6S/c1-5-34-24(32)22-14(3)27-25(35-22)28-19(15-7-6-10-26-12-15)18(21(30)23(28)31)20(29)17-9-8-16(33-4)11-13(17)2/h6-12,19,29H,5H2,1-4H3/b20-18+/t19-/m1/s1. The molecule has 1 amide bonds. The van der Waals surface area contributed by atoms with Crippen molar-refractivity contribution in [2.24, 2.45) is 0 Å². The van der Waals surface area contributed by atoms with E-state index in [1.54, 1.807) is 57.3 Å². The molecule has 0 unspecified atom stereocenters. The number of ketones is 1. The number of thiazole rings is 1. The minimum absolute atomic E-state index is 0.0956. The van der Waals surface area contributed by atoms with Crippen molar-refractivity contribution in [2.45, 2.75) is 26.8 Å². The molecule has 0 radical (unpaired) electrons. The Morgan fingerprint density at radius 3 is 2.63 bits per heavy atom. The van der Waals surface area contributed by atoms with Crippen LogP contribution in [0.2, 0.25) is 0 Å². The highest BCUT2D eigenvalue weighted by Gasteiger charge is 2.48. The van der Waals surface area contributed by atoms with Gasteiger partial charge >= 0.3 is 11.9 Å². The molecule has 3 aromatic rings. The summed E-state index contributed by atoms with van der Waals surface area (Å²) in [5.41, 5.74) is 1.83. The molecule has 1 fully saturated rings. The van der Waals surface area contributed by atoms with E-state index >= 15 is 0 Å². The second-order valence-corrected chi connectivity index (χ2v) is 8.75. The average molecular weight is 494 g/mol. The molecule has 0 bridgehead atoms. The Labute approximate surface area is 205 Å². The van der Waals surface area contributed by atoms with Crippen LogP contribution >= 0.6 is 11.3 Å². The quantitative estimate of drug-likeness (QED) is 0.237. The van der Waals surface area contributed by atoms with Crippen LogP contribution in [0.1, 0.15) is 45.0 Å². The number of nitrogens with zero attached hydrogens (tertiary/aromatic N) is 3. The van der Waals surface area contributed by atoms with Crippen LogP contribution in [0, 0.1) is 13.8 Å². The van der Waals surface area contributed by atoms with Crippen LogP contribution in [0.4, 0.5) is 5.13 Å². The molecule has 1 aliphatic heterocycles. The predicted octanol–water partition coefficient (Wildman–Crippen LogP) is 3.97. The molecular weight excluding hydrogens is 470 g/mol. The molecular formula is C25H23N3O6S. The number of aryl methyl sites for hydroxylation is 2. The molecule has 0 saturated carbocycles. The topological polar surface area (TPSA) is 119 Å². The molecule has 3 heterocycles. The SMILES string of the molecule is CCOC(=O)c1sc(N2C(=O)C(=O)/C(=C(/O)c3ccc(OC)cc3C)[C@H]2c2cccnc2)nc1C. The summed E-state index contributed by atoms with van der Waals surface area (Å²) in [5, 5.41) is 11.4. The Morgan fingerprint density at radius 2 is 2.00 bits per heavy atom. The first-order valence-corrected chi connectivity index (χ1v) is 11.6. The number of esters is 1. The van der Waals surface area contributed by atoms with Crippen LogP contribution in [0.3, 0.4) is 0 Å². The highest BCUT2D eigenvalue weighted by molar-refractivity contribution is 7.17. The minimum atomic E-state index is -0.995. The van der Waals surface area contributed by atoms with Gasteiger partial charge in [-0.2, -0.15) is 0 Å². The van der Waals surface area contributed by atoms with Gasteiger partial charge in [0.1, 0.15) is 16.4 Å². The number of carbonyl (C=O) groups excluding carboxylic acids is 3. The summed E-state index contributed by atoms with van der Waals surface area (Å²) in [4.78, 5) is 48.9. The van der Waals surface area contributed by atoms with Gasteiger partial charge in [-0.15, -0.1) is 0 Å². The van der Waals surface area contributed by atoms with Gasteiger partial charge in [-0.05, 0) is 56.2 Å². The fourth-order valence-electron chi connectivity index (χ4n) is 3.93. The summed E-state index contributed by atoms with van der Waals surface area (Å²) >= 11 is 0.953. The van der Waals surface area contributed by atoms with Crippen molar-refractivity contribution in [3.8, 4) is 5.75 Å². The van der Waals surface area contributed by atoms with Crippen LogP contribution in [-0.2, 0) is 14.3 Å². The molecule has 4 rings (SSSR count). The lowest BCUT2D eigenvalue weighted by Gasteiger charge is -2.22. The van der Waals surface area contributed by atoms with Crippen LogP contribution in [0.15, 0.2) is 48.3 Å². The van der Waals surface area contributed by atoms with Gasteiger partial charge < -0.3 is 14.6 Å². The second kappa shape index (κ2) is 9.67. The maximum absolute atomic E-state index is 13.3. The highest BCUT2D eigenvalue weighted by atomic mass is 32.1. The smallest absolute Gasteiger partial charge is 0.350 e. The first-order valence-electron chi connectivity index (χ1n) is 10.8. The Morgan fingerprint density at radius 1 is 1.23 bits per heavy atom. The van der Waals surface area contributed by atoms with E-state index in [9.17, 15) is 19.5 Å². The third kappa shape index (κ3) is 4.28. The minimum Gasteiger partial charge on any atom is -0.507 e. The Bertz CT molecular complexity index is 1350. The van der Waals surface area contributed by atoms with Crippen LogP contribution in [0.25, 0.3) is 5.76 Å². The van der Waals surface area contributed by atoms with E-state index < -0.39 is 23.7 Å². The lowest BCUT2D eigenvalue weighted by Crippen LogP contribution is -2.29. The summed E-state index contributed by atoms with van der Waals surface area (Å²) in [6.45, 7) is 5.27. The van der Waals surface area contributed by atoms with E-state index in [0.717, 1.165) is 11.3 Å². The maximum atomic E-state index is 13.3. The molecule has 180 valence electrons. The average Bonchev–Trinajstić information content (AvgIpc) is 3.36. The third-order valence-electron chi connectivity index (χ3n) is 5.59. The second-order valence-electron chi connectivity index (χ2n) is 7.77.